The number of hydrogen-bond acceptors (Lipinski definition) is 6. The number of piperidine rings is 1. The number of nitrogens with zero attached hydrogens (tertiary/aromatic N) is 6. The molecule has 1 aromatic rings. The maximum Gasteiger partial charge on any atom is 0.282 e. The summed E-state index contributed by atoms with van der Waals surface area (Å²) in [6.07, 6.45) is 5.66. The largest absolute Gasteiger partial charge is 0.356 e. The number of rotatable bonds is 4. The zero-order valence-corrected chi connectivity index (χ0v) is 17.0. The molecule has 4 rings (SSSR count). The number of aromatic nitrogens is 2. The number of anilines is 2. The van der Waals surface area contributed by atoms with Gasteiger partial charge in [0, 0.05) is 64.1 Å². The van der Waals surface area contributed by atoms with E-state index in [0.717, 1.165) is 43.4 Å². The van der Waals surface area contributed by atoms with Gasteiger partial charge < -0.3 is 9.80 Å². The van der Waals surface area contributed by atoms with Gasteiger partial charge in [0.05, 0.1) is 0 Å². The van der Waals surface area contributed by atoms with Gasteiger partial charge in [-0.25, -0.2) is 4.98 Å². The molecule has 0 radical (unpaired) electrons. The second-order valence-corrected chi connectivity index (χ2v) is 9.64. The van der Waals surface area contributed by atoms with Crippen LogP contribution in [0.4, 0.5) is 11.8 Å². The van der Waals surface area contributed by atoms with E-state index in [4.69, 9.17) is 4.98 Å². The molecule has 0 amide bonds. The Balaban J connectivity index is 1.44. The van der Waals surface area contributed by atoms with Crippen LogP contribution in [-0.4, -0.2) is 79.4 Å². The normalized spacial score (nSPS) is 23.1. The van der Waals surface area contributed by atoms with Crippen LogP contribution in [0.15, 0.2) is 6.07 Å². The predicted octanol–water partition coefficient (Wildman–Crippen LogP) is 1.24. The van der Waals surface area contributed by atoms with Gasteiger partial charge in [0.1, 0.15) is 5.82 Å². The van der Waals surface area contributed by atoms with Crippen LogP contribution >= 0.6 is 0 Å². The van der Waals surface area contributed by atoms with Crippen molar-refractivity contribution in [2.24, 2.45) is 0 Å². The predicted molar refractivity (Wildman–Crippen MR) is 106 cm³/mol. The van der Waals surface area contributed by atoms with Gasteiger partial charge in [-0.3, -0.25) is 0 Å². The molecule has 3 saturated heterocycles. The van der Waals surface area contributed by atoms with Crippen molar-refractivity contribution in [1.82, 2.24) is 18.6 Å². The SMILES string of the molecule is Cc1cc(N2CCCCC2)nc(N2CCN(S(=O)(=O)N3CCCC3)CC2)n1. The van der Waals surface area contributed by atoms with Gasteiger partial charge in [-0.1, -0.05) is 0 Å². The molecule has 0 aliphatic carbocycles. The molecule has 0 unspecified atom stereocenters. The minimum atomic E-state index is -3.31. The number of piperazine rings is 1. The van der Waals surface area contributed by atoms with Gasteiger partial charge in [0.2, 0.25) is 5.95 Å². The molecule has 0 spiro atoms. The molecule has 0 N–H and O–H groups in total. The average molecular weight is 395 g/mol. The van der Waals surface area contributed by atoms with E-state index in [2.05, 4.69) is 20.9 Å². The standard InChI is InChI=1S/C18H30N6O2S/c1-16-15-17(21-7-3-2-4-8-21)20-18(19-16)22-11-13-24(14-12-22)27(25,26)23-9-5-6-10-23/h15H,2-14H2,1H3. The fraction of sp³-hybridized carbons (Fsp3) is 0.778. The fourth-order valence-corrected chi connectivity index (χ4v) is 5.83. The van der Waals surface area contributed by atoms with Gasteiger partial charge >= 0.3 is 0 Å². The van der Waals surface area contributed by atoms with Gasteiger partial charge in [-0.05, 0) is 39.0 Å². The quantitative estimate of drug-likeness (QED) is 0.765. The first kappa shape index (κ1) is 18.9. The lowest BCUT2D eigenvalue weighted by Gasteiger charge is -2.36. The highest BCUT2D eigenvalue weighted by atomic mass is 32.2. The minimum absolute atomic E-state index is 0.495. The summed E-state index contributed by atoms with van der Waals surface area (Å²) in [5.74, 6) is 1.73. The highest BCUT2D eigenvalue weighted by Crippen LogP contribution is 2.23. The molecular weight excluding hydrogens is 364 g/mol. The van der Waals surface area contributed by atoms with E-state index in [0.29, 0.717) is 39.3 Å². The third-order valence-electron chi connectivity index (χ3n) is 5.75. The van der Waals surface area contributed by atoms with Crippen LogP contribution in [0, 0.1) is 6.92 Å². The highest BCUT2D eigenvalue weighted by molar-refractivity contribution is 7.86. The average Bonchev–Trinajstić information content (AvgIpc) is 3.24. The van der Waals surface area contributed by atoms with Crippen molar-refractivity contribution < 1.29 is 8.42 Å². The van der Waals surface area contributed by atoms with E-state index in [1.807, 2.05) is 6.92 Å². The topological polar surface area (TPSA) is 72.9 Å². The molecule has 4 heterocycles. The van der Waals surface area contributed by atoms with Gasteiger partial charge in [-0.15, -0.1) is 0 Å². The van der Waals surface area contributed by atoms with E-state index in [9.17, 15) is 8.42 Å². The lowest BCUT2D eigenvalue weighted by molar-refractivity contribution is 0.342. The van der Waals surface area contributed by atoms with Crippen LogP contribution in [0.3, 0.4) is 0 Å². The Morgan fingerprint density at radius 3 is 2.00 bits per heavy atom. The molecule has 0 aromatic carbocycles. The first-order valence-corrected chi connectivity index (χ1v) is 11.5. The molecule has 150 valence electrons. The molecule has 9 heteroatoms. The first-order chi connectivity index (χ1) is 13.0. The van der Waals surface area contributed by atoms with Crippen LogP contribution in [0.5, 0.6) is 0 Å². The van der Waals surface area contributed by atoms with Crippen LogP contribution in [-0.2, 0) is 10.2 Å². The zero-order valence-electron chi connectivity index (χ0n) is 16.2. The number of aryl methyl sites for hydroxylation is 1. The third kappa shape index (κ3) is 4.05. The molecule has 3 aliphatic heterocycles. The van der Waals surface area contributed by atoms with Crippen molar-refractivity contribution in [2.45, 2.75) is 39.0 Å². The Hall–Kier alpha value is -1.45. The molecule has 27 heavy (non-hydrogen) atoms. The zero-order chi connectivity index (χ0) is 18.9. The Bertz CT molecular complexity index is 751. The highest BCUT2D eigenvalue weighted by Gasteiger charge is 2.34. The first-order valence-electron chi connectivity index (χ1n) is 10.1. The Kier molecular flexibility index (Phi) is 5.52. The third-order valence-corrected chi connectivity index (χ3v) is 7.78. The second kappa shape index (κ2) is 7.89. The van der Waals surface area contributed by atoms with E-state index in [1.165, 1.54) is 19.3 Å². The van der Waals surface area contributed by atoms with Crippen molar-refractivity contribution in [1.29, 1.82) is 0 Å². The van der Waals surface area contributed by atoms with Crippen LogP contribution in [0.2, 0.25) is 0 Å². The smallest absolute Gasteiger partial charge is 0.282 e. The number of hydrogen-bond donors (Lipinski definition) is 0. The monoisotopic (exact) mass is 394 g/mol. The Labute approximate surface area is 162 Å². The van der Waals surface area contributed by atoms with E-state index >= 15 is 0 Å². The van der Waals surface area contributed by atoms with E-state index in [1.54, 1.807) is 8.61 Å². The van der Waals surface area contributed by atoms with E-state index < -0.39 is 10.2 Å². The maximum absolute atomic E-state index is 12.7. The molecule has 3 aliphatic rings. The molecule has 1 aromatic heterocycles. The van der Waals surface area contributed by atoms with Crippen molar-refractivity contribution in [3.05, 3.63) is 11.8 Å². The fourth-order valence-electron chi connectivity index (χ4n) is 4.16. The lowest BCUT2D eigenvalue weighted by Crippen LogP contribution is -2.53. The van der Waals surface area contributed by atoms with Crippen molar-refractivity contribution in [3.63, 3.8) is 0 Å². The molecule has 8 nitrogen and oxygen atoms in total. The van der Waals surface area contributed by atoms with E-state index in [-0.39, 0.29) is 0 Å². The molecule has 0 bridgehead atoms. The summed E-state index contributed by atoms with van der Waals surface area (Å²) in [5, 5.41) is 0. The lowest BCUT2D eigenvalue weighted by atomic mass is 10.1. The van der Waals surface area contributed by atoms with Crippen molar-refractivity contribution in [2.75, 3.05) is 62.2 Å². The summed E-state index contributed by atoms with van der Waals surface area (Å²) in [5.41, 5.74) is 0.965. The second-order valence-electron chi connectivity index (χ2n) is 7.72. The minimum Gasteiger partial charge on any atom is -0.356 e. The maximum atomic E-state index is 12.7. The van der Waals surface area contributed by atoms with Crippen LogP contribution in [0.25, 0.3) is 0 Å². The Morgan fingerprint density at radius 1 is 0.741 bits per heavy atom. The molecule has 0 atom stereocenters. The van der Waals surface area contributed by atoms with Gasteiger partial charge in [0.15, 0.2) is 0 Å². The van der Waals surface area contributed by atoms with Gasteiger partial charge in [0.25, 0.3) is 10.2 Å². The molecule has 3 fully saturated rings. The molecule has 0 saturated carbocycles. The summed E-state index contributed by atoms with van der Waals surface area (Å²) in [7, 11) is -3.31. The van der Waals surface area contributed by atoms with Crippen molar-refractivity contribution in [3.8, 4) is 0 Å². The van der Waals surface area contributed by atoms with Gasteiger partial charge in [-0.2, -0.15) is 22.0 Å². The van der Waals surface area contributed by atoms with Crippen LogP contribution in [0.1, 0.15) is 37.8 Å². The van der Waals surface area contributed by atoms with Crippen molar-refractivity contribution >= 4 is 22.0 Å². The summed E-state index contributed by atoms with van der Waals surface area (Å²) < 4.78 is 28.7. The summed E-state index contributed by atoms with van der Waals surface area (Å²) in [4.78, 5) is 13.9. The summed E-state index contributed by atoms with van der Waals surface area (Å²) >= 11 is 0. The summed E-state index contributed by atoms with van der Waals surface area (Å²) in [6.45, 7) is 7.68. The Morgan fingerprint density at radius 2 is 1.33 bits per heavy atom. The molecular formula is C18H30N6O2S. The van der Waals surface area contributed by atoms with Crippen LogP contribution < -0.4 is 9.80 Å². The summed E-state index contributed by atoms with van der Waals surface area (Å²) in [6, 6.07) is 2.06.